The molecule has 0 spiro atoms. The number of amides is 1. The minimum atomic E-state index is -0.137. The zero-order chi connectivity index (χ0) is 35.3. The van der Waals surface area contributed by atoms with Crippen LogP contribution in [-0.4, -0.2) is 79.9 Å². The van der Waals surface area contributed by atoms with Gasteiger partial charge in [-0.15, -0.1) is 0 Å². The average molecular weight is 697 g/mol. The molecular formula is C39H72N2O6S. The summed E-state index contributed by atoms with van der Waals surface area (Å²) in [5, 5.41) is 1.57. The molecule has 0 aliphatic rings. The normalized spacial score (nSPS) is 11.6. The van der Waals surface area contributed by atoms with Crippen LogP contribution in [0.4, 0.5) is 4.79 Å². The van der Waals surface area contributed by atoms with Gasteiger partial charge in [-0.2, -0.15) is 0 Å². The molecule has 0 unspecified atom stereocenters. The summed E-state index contributed by atoms with van der Waals surface area (Å²) in [6.45, 7) is 7.40. The van der Waals surface area contributed by atoms with Crippen molar-refractivity contribution in [1.29, 1.82) is 0 Å². The summed E-state index contributed by atoms with van der Waals surface area (Å²) in [7, 11) is 4.02. The molecule has 0 bridgehead atoms. The predicted molar refractivity (Wildman–Crippen MR) is 202 cm³/mol. The molecule has 280 valence electrons. The summed E-state index contributed by atoms with van der Waals surface area (Å²) in [6, 6.07) is 0. The Kier molecular flexibility index (Phi) is 35.0. The number of hydrogen-bond acceptors (Lipinski definition) is 8. The van der Waals surface area contributed by atoms with E-state index in [2.05, 4.69) is 30.9 Å². The van der Waals surface area contributed by atoms with Crippen LogP contribution in [0.5, 0.6) is 0 Å². The number of hydroxylamine groups is 2. The number of hydrogen-bond donors (Lipinski definition) is 0. The van der Waals surface area contributed by atoms with Crippen molar-refractivity contribution in [3.05, 3.63) is 24.3 Å². The van der Waals surface area contributed by atoms with Gasteiger partial charge in [0.15, 0.2) is 0 Å². The van der Waals surface area contributed by atoms with E-state index in [0.717, 1.165) is 102 Å². The number of allylic oxidation sites excluding steroid dienone is 2. The van der Waals surface area contributed by atoms with E-state index >= 15 is 0 Å². The van der Waals surface area contributed by atoms with Crippen molar-refractivity contribution in [3.63, 3.8) is 0 Å². The molecule has 0 aromatic rings. The first-order chi connectivity index (χ1) is 23.4. The number of thioether (sulfide) groups is 1. The maximum atomic E-state index is 12.8. The van der Waals surface area contributed by atoms with Gasteiger partial charge in [0.1, 0.15) is 0 Å². The third kappa shape index (κ3) is 34.0. The summed E-state index contributed by atoms with van der Waals surface area (Å²) >= 11 is 1.33. The molecule has 0 aromatic carbocycles. The van der Waals surface area contributed by atoms with Gasteiger partial charge in [-0.1, -0.05) is 127 Å². The molecule has 1 amide bonds. The van der Waals surface area contributed by atoms with Crippen LogP contribution in [0.1, 0.15) is 155 Å². The molecule has 0 aliphatic heterocycles. The molecule has 8 nitrogen and oxygen atoms in total. The van der Waals surface area contributed by atoms with Crippen LogP contribution in [0.2, 0.25) is 0 Å². The maximum absolute atomic E-state index is 12.8. The van der Waals surface area contributed by atoms with E-state index in [1.807, 2.05) is 26.2 Å². The molecule has 48 heavy (non-hydrogen) atoms. The van der Waals surface area contributed by atoms with Crippen molar-refractivity contribution >= 4 is 28.9 Å². The van der Waals surface area contributed by atoms with Crippen LogP contribution < -0.4 is 0 Å². The fraction of sp³-hybridized carbons (Fsp3) is 0.821. The number of nitrogens with zero attached hydrogens (tertiary/aromatic N) is 2. The molecule has 0 rings (SSSR count). The molecule has 0 fully saturated rings. The van der Waals surface area contributed by atoms with E-state index in [-0.39, 0.29) is 17.2 Å². The zero-order valence-corrected chi connectivity index (χ0v) is 32.2. The highest BCUT2D eigenvalue weighted by atomic mass is 32.2. The SMILES string of the molecule is CCCCC/C=C\CC(=O)OCCCCCCCCON(CCCCCCCCOC(=O)C/C=C\CCCCC)C(=O)SCCN(C)C. The van der Waals surface area contributed by atoms with E-state index in [9.17, 15) is 14.4 Å². The Morgan fingerprint density at radius 3 is 1.48 bits per heavy atom. The van der Waals surface area contributed by atoms with Crippen molar-refractivity contribution in [3.8, 4) is 0 Å². The summed E-state index contributed by atoms with van der Waals surface area (Å²) in [5.74, 6) is 0.474. The van der Waals surface area contributed by atoms with Gasteiger partial charge >= 0.3 is 17.2 Å². The number of esters is 2. The first-order valence-electron chi connectivity index (χ1n) is 19.2. The van der Waals surface area contributed by atoms with E-state index in [1.54, 1.807) is 5.06 Å². The second kappa shape index (κ2) is 36.4. The Bertz CT molecular complexity index is 820. The van der Waals surface area contributed by atoms with E-state index in [1.165, 1.54) is 50.3 Å². The molecular weight excluding hydrogens is 625 g/mol. The highest BCUT2D eigenvalue weighted by Crippen LogP contribution is 2.14. The standard InChI is InChI=1S/C39H72N2O6S/c1-5-7-9-11-17-23-29-37(42)45-33-26-20-14-13-19-25-31-41(39(44)48-36-32-40(3)4)47-35-28-22-16-15-21-27-34-46-38(43)30-24-18-12-10-8-6-2/h17-18,23-24H,5-16,19-22,25-36H2,1-4H3/b23-17-,24-18-. The van der Waals surface area contributed by atoms with Gasteiger partial charge in [-0.25, -0.2) is 5.06 Å². The van der Waals surface area contributed by atoms with Crippen LogP contribution in [-0.2, 0) is 23.9 Å². The fourth-order valence-corrected chi connectivity index (χ4v) is 5.77. The quantitative estimate of drug-likeness (QED) is 0.0284. The van der Waals surface area contributed by atoms with Crippen LogP contribution in [0.3, 0.4) is 0 Å². The Hall–Kier alpha value is -1.84. The van der Waals surface area contributed by atoms with Gasteiger partial charge in [0.2, 0.25) is 0 Å². The van der Waals surface area contributed by atoms with Crippen molar-refractivity contribution < 1.29 is 28.7 Å². The van der Waals surface area contributed by atoms with Gasteiger partial charge < -0.3 is 14.4 Å². The number of carbonyl (C=O) groups excluding carboxylic acids is 3. The fourth-order valence-electron chi connectivity index (χ4n) is 4.86. The number of unbranched alkanes of at least 4 members (excludes halogenated alkanes) is 16. The molecule has 0 radical (unpaired) electrons. The van der Waals surface area contributed by atoms with Crippen molar-refractivity contribution in [2.75, 3.05) is 52.8 Å². The molecule has 0 heterocycles. The van der Waals surface area contributed by atoms with Crippen LogP contribution in [0, 0.1) is 0 Å². The van der Waals surface area contributed by atoms with E-state index in [4.69, 9.17) is 14.3 Å². The monoisotopic (exact) mass is 697 g/mol. The predicted octanol–water partition coefficient (Wildman–Crippen LogP) is 10.5. The smallest absolute Gasteiger partial charge is 0.309 e. The van der Waals surface area contributed by atoms with Crippen molar-refractivity contribution in [2.45, 2.75) is 155 Å². The van der Waals surface area contributed by atoms with Gasteiger partial charge in [0.25, 0.3) is 0 Å². The topological polar surface area (TPSA) is 85.4 Å². The largest absolute Gasteiger partial charge is 0.465 e. The molecule has 0 saturated carbocycles. The Morgan fingerprint density at radius 1 is 0.542 bits per heavy atom. The Labute approximate surface area is 299 Å². The lowest BCUT2D eigenvalue weighted by Crippen LogP contribution is -2.30. The third-order valence-corrected chi connectivity index (χ3v) is 8.72. The molecule has 9 heteroatoms. The molecule has 0 saturated heterocycles. The first-order valence-corrected chi connectivity index (χ1v) is 20.2. The van der Waals surface area contributed by atoms with Gasteiger partial charge in [0.05, 0.1) is 32.7 Å². The van der Waals surface area contributed by atoms with Gasteiger partial charge in [-0.05, 0) is 65.5 Å². The molecule has 0 atom stereocenters. The van der Waals surface area contributed by atoms with Crippen LogP contribution in [0.25, 0.3) is 0 Å². The number of rotatable bonds is 34. The first kappa shape index (κ1) is 46.2. The zero-order valence-electron chi connectivity index (χ0n) is 31.4. The number of ether oxygens (including phenoxy) is 2. The van der Waals surface area contributed by atoms with Crippen LogP contribution in [0.15, 0.2) is 24.3 Å². The minimum absolute atomic E-state index is 0.00370. The summed E-state index contributed by atoms with van der Waals surface area (Å²) in [5.41, 5.74) is 0. The van der Waals surface area contributed by atoms with Crippen molar-refractivity contribution in [2.24, 2.45) is 0 Å². The third-order valence-electron chi connectivity index (χ3n) is 7.89. The Morgan fingerprint density at radius 2 is 1.00 bits per heavy atom. The maximum Gasteiger partial charge on any atom is 0.309 e. The average Bonchev–Trinajstić information content (AvgIpc) is 3.06. The highest BCUT2D eigenvalue weighted by molar-refractivity contribution is 8.13. The second-order valence-electron chi connectivity index (χ2n) is 12.9. The van der Waals surface area contributed by atoms with E-state index < -0.39 is 0 Å². The van der Waals surface area contributed by atoms with Crippen molar-refractivity contribution in [1.82, 2.24) is 9.96 Å². The van der Waals surface area contributed by atoms with Gasteiger partial charge in [-0.3, -0.25) is 19.2 Å². The highest BCUT2D eigenvalue weighted by Gasteiger charge is 2.15. The number of carbonyl (C=O) groups is 3. The summed E-state index contributed by atoms with van der Waals surface area (Å²) < 4.78 is 10.7. The van der Waals surface area contributed by atoms with E-state index in [0.29, 0.717) is 39.2 Å². The summed E-state index contributed by atoms with van der Waals surface area (Å²) in [6.07, 6.45) is 30.4. The van der Waals surface area contributed by atoms with Crippen LogP contribution >= 0.6 is 11.8 Å². The van der Waals surface area contributed by atoms with Gasteiger partial charge in [0, 0.05) is 18.8 Å². The lowest BCUT2D eigenvalue weighted by atomic mass is 10.1. The summed E-state index contributed by atoms with van der Waals surface area (Å²) in [4.78, 5) is 44.5. The molecule has 0 N–H and O–H groups in total. The molecule has 0 aliphatic carbocycles. The lowest BCUT2D eigenvalue weighted by Gasteiger charge is -2.22. The Balaban J connectivity index is 4.00. The minimum Gasteiger partial charge on any atom is -0.465 e. The molecule has 0 aromatic heterocycles. The lowest BCUT2D eigenvalue weighted by molar-refractivity contribution is -0.143. The second-order valence-corrected chi connectivity index (χ2v) is 13.9.